The summed E-state index contributed by atoms with van der Waals surface area (Å²) in [6.07, 6.45) is 1.02. The van der Waals surface area contributed by atoms with E-state index in [9.17, 15) is 0 Å². The predicted molar refractivity (Wildman–Crippen MR) is 119 cm³/mol. The minimum Gasteiger partial charge on any atom is -0.490 e. The van der Waals surface area contributed by atoms with E-state index in [0.29, 0.717) is 19.8 Å². The standard InChI is InChI=1S/C21H30N2O3.2ClH/c1-2-25-21-15-19(16-23-12-6-11-22-13-14-24)9-10-20(21)26-17-18-7-4-3-5-8-18;;/h3-5,7-10,15,22-24H,2,6,11-14,16-17H2,1H3;2*1H. The lowest BCUT2D eigenvalue weighted by Gasteiger charge is -2.14. The summed E-state index contributed by atoms with van der Waals surface area (Å²) in [6.45, 7) is 6.58. The molecule has 28 heavy (non-hydrogen) atoms. The number of hydrogen-bond donors (Lipinski definition) is 3. The van der Waals surface area contributed by atoms with E-state index >= 15 is 0 Å². The second-order valence-corrected chi connectivity index (χ2v) is 5.99. The summed E-state index contributed by atoms with van der Waals surface area (Å²) in [5.41, 5.74) is 2.30. The highest BCUT2D eigenvalue weighted by molar-refractivity contribution is 5.85. The van der Waals surface area contributed by atoms with Crippen molar-refractivity contribution in [3.63, 3.8) is 0 Å². The first kappa shape index (κ1) is 26.5. The summed E-state index contributed by atoms with van der Waals surface area (Å²) >= 11 is 0. The van der Waals surface area contributed by atoms with Crippen LogP contribution < -0.4 is 20.1 Å². The molecule has 0 aliphatic heterocycles. The lowest BCUT2D eigenvalue weighted by molar-refractivity contribution is 0.269. The molecule has 0 saturated carbocycles. The fourth-order valence-electron chi connectivity index (χ4n) is 2.56. The van der Waals surface area contributed by atoms with Crippen molar-refractivity contribution in [3.8, 4) is 11.5 Å². The fourth-order valence-corrected chi connectivity index (χ4v) is 2.56. The maximum atomic E-state index is 8.71. The minimum absolute atomic E-state index is 0. The van der Waals surface area contributed by atoms with Gasteiger partial charge in [0.1, 0.15) is 6.61 Å². The van der Waals surface area contributed by atoms with E-state index < -0.39 is 0 Å². The van der Waals surface area contributed by atoms with Gasteiger partial charge in [-0.2, -0.15) is 0 Å². The Hall–Kier alpha value is -1.50. The molecule has 0 aromatic heterocycles. The van der Waals surface area contributed by atoms with E-state index in [1.807, 2.05) is 49.4 Å². The first-order valence-electron chi connectivity index (χ1n) is 9.28. The summed E-state index contributed by atoms with van der Waals surface area (Å²) in [4.78, 5) is 0. The molecule has 5 nitrogen and oxygen atoms in total. The van der Waals surface area contributed by atoms with E-state index in [4.69, 9.17) is 14.6 Å². The Balaban J connectivity index is 0.00000364. The van der Waals surface area contributed by atoms with E-state index in [2.05, 4.69) is 16.7 Å². The van der Waals surface area contributed by atoms with Gasteiger partial charge in [-0.25, -0.2) is 0 Å². The number of halogens is 2. The molecule has 0 unspecified atom stereocenters. The number of aliphatic hydroxyl groups excluding tert-OH is 1. The molecule has 0 bridgehead atoms. The molecule has 158 valence electrons. The van der Waals surface area contributed by atoms with Crippen molar-refractivity contribution >= 4 is 24.8 Å². The van der Waals surface area contributed by atoms with Gasteiger partial charge in [-0.1, -0.05) is 36.4 Å². The Kier molecular flexibility index (Phi) is 15.6. The average molecular weight is 431 g/mol. The zero-order valence-corrected chi connectivity index (χ0v) is 18.0. The van der Waals surface area contributed by atoms with Crippen molar-refractivity contribution in [2.24, 2.45) is 0 Å². The third-order valence-electron chi connectivity index (χ3n) is 3.87. The lowest BCUT2D eigenvalue weighted by atomic mass is 10.2. The SMILES string of the molecule is CCOc1cc(CNCCCNCCO)ccc1OCc1ccccc1.Cl.Cl. The Labute approximate surface area is 180 Å². The number of aliphatic hydroxyl groups is 1. The molecule has 0 aliphatic carbocycles. The molecule has 0 saturated heterocycles. The van der Waals surface area contributed by atoms with Crippen LogP contribution in [0.3, 0.4) is 0 Å². The van der Waals surface area contributed by atoms with Gasteiger partial charge < -0.3 is 25.2 Å². The van der Waals surface area contributed by atoms with Gasteiger partial charge >= 0.3 is 0 Å². The van der Waals surface area contributed by atoms with Gasteiger partial charge in [0.15, 0.2) is 11.5 Å². The second-order valence-electron chi connectivity index (χ2n) is 5.99. The number of hydrogen-bond acceptors (Lipinski definition) is 5. The number of ether oxygens (including phenoxy) is 2. The van der Waals surface area contributed by atoms with Gasteiger partial charge in [0.25, 0.3) is 0 Å². The summed E-state index contributed by atoms with van der Waals surface area (Å²) in [6, 6.07) is 16.2. The van der Waals surface area contributed by atoms with Crippen LogP contribution in [0.2, 0.25) is 0 Å². The minimum atomic E-state index is 0. The third-order valence-corrected chi connectivity index (χ3v) is 3.87. The molecular weight excluding hydrogens is 399 g/mol. The first-order chi connectivity index (χ1) is 12.8. The van der Waals surface area contributed by atoms with Crippen molar-refractivity contribution < 1.29 is 14.6 Å². The number of rotatable bonds is 13. The first-order valence-corrected chi connectivity index (χ1v) is 9.28. The van der Waals surface area contributed by atoms with E-state index in [1.165, 1.54) is 5.56 Å². The van der Waals surface area contributed by atoms with Crippen molar-refractivity contribution in [2.45, 2.75) is 26.5 Å². The second kappa shape index (κ2) is 16.5. The molecule has 0 spiro atoms. The monoisotopic (exact) mass is 430 g/mol. The molecule has 0 aliphatic rings. The molecule has 0 radical (unpaired) electrons. The van der Waals surface area contributed by atoms with Gasteiger partial charge in [0.2, 0.25) is 0 Å². The van der Waals surface area contributed by atoms with Crippen molar-refractivity contribution in [1.82, 2.24) is 10.6 Å². The molecule has 0 heterocycles. The third kappa shape index (κ3) is 10.2. The van der Waals surface area contributed by atoms with Crippen LogP contribution in [0, 0.1) is 0 Å². The molecule has 7 heteroatoms. The quantitative estimate of drug-likeness (QED) is 0.424. The number of benzene rings is 2. The van der Waals surface area contributed by atoms with E-state index in [1.54, 1.807) is 0 Å². The van der Waals surface area contributed by atoms with Crippen LogP contribution >= 0.6 is 24.8 Å². The zero-order chi connectivity index (χ0) is 18.5. The Morgan fingerprint density at radius 1 is 0.821 bits per heavy atom. The summed E-state index contributed by atoms with van der Waals surface area (Å²) in [5, 5.41) is 15.3. The highest BCUT2D eigenvalue weighted by Gasteiger charge is 2.07. The fraction of sp³-hybridized carbons (Fsp3) is 0.429. The van der Waals surface area contributed by atoms with Gasteiger partial charge in [-0.3, -0.25) is 0 Å². The maximum Gasteiger partial charge on any atom is 0.161 e. The molecule has 0 fully saturated rings. The van der Waals surface area contributed by atoms with Crippen LogP contribution in [0.15, 0.2) is 48.5 Å². The largest absolute Gasteiger partial charge is 0.490 e. The molecule has 2 aromatic carbocycles. The Morgan fingerprint density at radius 2 is 1.57 bits per heavy atom. The topological polar surface area (TPSA) is 62.8 Å². The van der Waals surface area contributed by atoms with Crippen LogP contribution in [-0.4, -0.2) is 38.0 Å². The summed E-state index contributed by atoms with van der Waals surface area (Å²) < 4.78 is 11.7. The van der Waals surface area contributed by atoms with Crippen LogP contribution in [0.1, 0.15) is 24.5 Å². The highest BCUT2D eigenvalue weighted by atomic mass is 35.5. The summed E-state index contributed by atoms with van der Waals surface area (Å²) in [7, 11) is 0. The van der Waals surface area contributed by atoms with E-state index in [-0.39, 0.29) is 31.4 Å². The van der Waals surface area contributed by atoms with Crippen LogP contribution in [-0.2, 0) is 13.2 Å². The molecule has 3 N–H and O–H groups in total. The van der Waals surface area contributed by atoms with Crippen LogP contribution in [0.25, 0.3) is 0 Å². The summed E-state index contributed by atoms with van der Waals surface area (Å²) in [5.74, 6) is 1.56. The zero-order valence-electron chi connectivity index (χ0n) is 16.4. The van der Waals surface area contributed by atoms with Crippen molar-refractivity contribution in [3.05, 3.63) is 59.7 Å². The van der Waals surface area contributed by atoms with Crippen LogP contribution in [0.4, 0.5) is 0 Å². The van der Waals surface area contributed by atoms with E-state index in [0.717, 1.165) is 43.1 Å². The normalized spacial score (nSPS) is 9.93. The van der Waals surface area contributed by atoms with Gasteiger partial charge in [-0.15, -0.1) is 24.8 Å². The van der Waals surface area contributed by atoms with Gasteiger partial charge in [-0.05, 0) is 49.7 Å². The maximum absolute atomic E-state index is 8.71. The molecule has 2 rings (SSSR count). The molecule has 2 aromatic rings. The van der Waals surface area contributed by atoms with Crippen molar-refractivity contribution in [2.75, 3.05) is 32.8 Å². The molecule has 0 atom stereocenters. The average Bonchev–Trinajstić information content (AvgIpc) is 2.68. The molecular formula is C21H32Cl2N2O3. The number of nitrogens with one attached hydrogen (secondary N) is 2. The van der Waals surface area contributed by atoms with Gasteiger partial charge in [0, 0.05) is 13.1 Å². The lowest BCUT2D eigenvalue weighted by Crippen LogP contribution is -2.23. The molecule has 0 amide bonds. The van der Waals surface area contributed by atoms with Crippen LogP contribution in [0.5, 0.6) is 11.5 Å². The Bertz CT molecular complexity index is 630. The van der Waals surface area contributed by atoms with Crippen molar-refractivity contribution in [1.29, 1.82) is 0 Å². The Morgan fingerprint density at radius 3 is 2.29 bits per heavy atom. The van der Waals surface area contributed by atoms with Gasteiger partial charge in [0.05, 0.1) is 13.2 Å². The smallest absolute Gasteiger partial charge is 0.161 e. The predicted octanol–water partition coefficient (Wildman–Crippen LogP) is 3.57. The highest BCUT2D eigenvalue weighted by Crippen LogP contribution is 2.29.